The van der Waals surface area contributed by atoms with E-state index in [-0.39, 0.29) is 0 Å². The van der Waals surface area contributed by atoms with Crippen LogP contribution in [0.3, 0.4) is 0 Å². The highest BCUT2D eigenvalue weighted by Gasteiger charge is 2.20. The standard InChI is InChI=1S/C44H26N4/c1-46-40-22-20-30(24-32(40)28-45)37-26-31(27-39-36-17-9-11-19-42(36)48(44(37)39)34-14-6-3-7-15-34)29-21-23-43-38(25-29)35-16-8-10-18-41(35)47(43)33-12-4-2-5-13-33/h2-27H. The van der Waals surface area contributed by atoms with Crippen LogP contribution >= 0.6 is 0 Å². The molecule has 0 saturated carbocycles. The Morgan fingerprint density at radius 3 is 1.73 bits per heavy atom. The van der Waals surface area contributed by atoms with Crippen molar-refractivity contribution < 1.29 is 0 Å². The molecule has 0 aliphatic heterocycles. The highest BCUT2D eigenvalue weighted by Crippen LogP contribution is 2.43. The second-order valence-corrected chi connectivity index (χ2v) is 12.0. The van der Waals surface area contributed by atoms with E-state index in [1.54, 1.807) is 6.07 Å². The first-order chi connectivity index (χ1) is 23.7. The zero-order chi connectivity index (χ0) is 32.2. The fourth-order valence-corrected chi connectivity index (χ4v) is 7.23. The molecule has 0 aliphatic rings. The zero-order valence-electron chi connectivity index (χ0n) is 25.8. The Morgan fingerprint density at radius 1 is 0.479 bits per heavy atom. The minimum Gasteiger partial charge on any atom is -0.309 e. The minimum absolute atomic E-state index is 0.359. The lowest BCUT2D eigenvalue weighted by Crippen LogP contribution is -1.96. The quantitative estimate of drug-likeness (QED) is 0.183. The molecule has 9 rings (SSSR count). The molecule has 0 bridgehead atoms. The Labute approximate surface area is 277 Å². The maximum absolute atomic E-state index is 9.98. The van der Waals surface area contributed by atoms with Crippen molar-refractivity contribution in [2.75, 3.05) is 0 Å². The topological polar surface area (TPSA) is 38.0 Å². The summed E-state index contributed by atoms with van der Waals surface area (Å²) < 4.78 is 4.65. The molecule has 0 fully saturated rings. The van der Waals surface area contributed by atoms with Gasteiger partial charge in [-0.3, -0.25) is 0 Å². The number of rotatable bonds is 4. The molecule has 0 aliphatic carbocycles. The molecule has 2 heterocycles. The van der Waals surface area contributed by atoms with Gasteiger partial charge in [0.25, 0.3) is 0 Å². The molecule has 0 saturated heterocycles. The summed E-state index contributed by atoms with van der Waals surface area (Å²) in [5.41, 5.74) is 11.5. The van der Waals surface area contributed by atoms with Gasteiger partial charge in [-0.05, 0) is 83.4 Å². The lowest BCUT2D eigenvalue weighted by atomic mass is 9.93. The largest absolute Gasteiger partial charge is 0.309 e. The number of nitriles is 1. The fourth-order valence-electron chi connectivity index (χ4n) is 7.23. The summed E-state index contributed by atoms with van der Waals surface area (Å²) in [4.78, 5) is 3.60. The van der Waals surface area contributed by atoms with Gasteiger partial charge in [0, 0.05) is 38.5 Å². The van der Waals surface area contributed by atoms with Crippen LogP contribution in [0.1, 0.15) is 5.56 Å². The Bertz CT molecular complexity index is 2790. The number of para-hydroxylation sites is 4. The number of fused-ring (bicyclic) bond motifs is 6. The van der Waals surface area contributed by atoms with E-state index in [9.17, 15) is 5.26 Å². The summed E-state index contributed by atoms with van der Waals surface area (Å²) >= 11 is 0. The van der Waals surface area contributed by atoms with Gasteiger partial charge in [-0.25, -0.2) is 4.85 Å². The van der Waals surface area contributed by atoms with Gasteiger partial charge >= 0.3 is 0 Å². The Kier molecular flexibility index (Phi) is 6.22. The van der Waals surface area contributed by atoms with Gasteiger partial charge < -0.3 is 9.13 Å². The summed E-state index contributed by atoms with van der Waals surface area (Å²) in [5.74, 6) is 0. The smallest absolute Gasteiger partial charge is 0.204 e. The van der Waals surface area contributed by atoms with Gasteiger partial charge in [0.15, 0.2) is 0 Å². The number of benzene rings is 7. The summed E-state index contributed by atoms with van der Waals surface area (Å²) in [6, 6.07) is 57.2. The Balaban J connectivity index is 1.37. The van der Waals surface area contributed by atoms with E-state index in [2.05, 4.69) is 147 Å². The third-order valence-electron chi connectivity index (χ3n) is 9.35. The number of hydrogen-bond donors (Lipinski definition) is 0. The van der Waals surface area contributed by atoms with Crippen molar-refractivity contribution in [3.8, 4) is 39.7 Å². The maximum Gasteiger partial charge on any atom is 0.204 e. The van der Waals surface area contributed by atoms with Crippen LogP contribution in [-0.2, 0) is 0 Å². The van der Waals surface area contributed by atoms with Crippen molar-refractivity contribution in [1.82, 2.24) is 9.13 Å². The molecule has 222 valence electrons. The van der Waals surface area contributed by atoms with Crippen LogP contribution in [0.2, 0.25) is 0 Å². The molecule has 2 aromatic heterocycles. The number of aromatic nitrogens is 2. The molecule has 0 spiro atoms. The molecule has 0 unspecified atom stereocenters. The monoisotopic (exact) mass is 610 g/mol. The van der Waals surface area contributed by atoms with Crippen molar-refractivity contribution in [3.05, 3.63) is 175 Å². The summed E-state index contributed by atoms with van der Waals surface area (Å²) in [6.07, 6.45) is 0. The Hall–Kier alpha value is -6.88. The molecular weight excluding hydrogens is 585 g/mol. The van der Waals surface area contributed by atoms with E-state index in [1.807, 2.05) is 24.3 Å². The average molecular weight is 611 g/mol. The maximum atomic E-state index is 9.98. The first-order valence-corrected chi connectivity index (χ1v) is 15.9. The first kappa shape index (κ1) is 27.4. The van der Waals surface area contributed by atoms with Crippen LogP contribution < -0.4 is 0 Å². The van der Waals surface area contributed by atoms with Crippen molar-refractivity contribution in [3.63, 3.8) is 0 Å². The summed E-state index contributed by atoms with van der Waals surface area (Å²) in [7, 11) is 0. The molecular formula is C44H26N4. The molecule has 0 N–H and O–H groups in total. The van der Waals surface area contributed by atoms with Gasteiger partial charge in [-0.2, -0.15) is 5.26 Å². The highest BCUT2D eigenvalue weighted by molar-refractivity contribution is 6.16. The van der Waals surface area contributed by atoms with Gasteiger partial charge in [0.05, 0.1) is 40.3 Å². The fraction of sp³-hybridized carbons (Fsp3) is 0. The van der Waals surface area contributed by atoms with E-state index < -0.39 is 0 Å². The molecule has 0 radical (unpaired) electrons. The third kappa shape index (κ3) is 4.14. The minimum atomic E-state index is 0.359. The first-order valence-electron chi connectivity index (χ1n) is 15.9. The molecule has 7 aromatic carbocycles. The normalized spacial score (nSPS) is 11.3. The lowest BCUT2D eigenvalue weighted by Gasteiger charge is -2.14. The van der Waals surface area contributed by atoms with E-state index in [0.717, 1.165) is 61.0 Å². The van der Waals surface area contributed by atoms with Crippen molar-refractivity contribution in [2.24, 2.45) is 0 Å². The van der Waals surface area contributed by atoms with Crippen molar-refractivity contribution in [1.29, 1.82) is 5.26 Å². The number of hydrogen-bond acceptors (Lipinski definition) is 1. The van der Waals surface area contributed by atoms with Crippen LogP contribution in [0.5, 0.6) is 0 Å². The van der Waals surface area contributed by atoms with E-state index >= 15 is 0 Å². The van der Waals surface area contributed by atoms with Crippen LogP contribution in [-0.4, -0.2) is 9.13 Å². The SMILES string of the molecule is [C-]#[N+]c1ccc(-c2cc(-c3ccc4c(c3)c3ccccc3n4-c3ccccc3)cc3c4ccccc4n(-c4ccccc4)c23)cc1C#N. The van der Waals surface area contributed by atoms with E-state index in [4.69, 9.17) is 6.57 Å². The van der Waals surface area contributed by atoms with Crippen LogP contribution in [0.4, 0.5) is 5.69 Å². The van der Waals surface area contributed by atoms with Crippen molar-refractivity contribution >= 4 is 49.3 Å². The molecule has 0 amide bonds. The van der Waals surface area contributed by atoms with Gasteiger partial charge in [0.1, 0.15) is 0 Å². The molecule has 4 nitrogen and oxygen atoms in total. The lowest BCUT2D eigenvalue weighted by molar-refractivity contribution is 1.18. The number of nitrogens with zero attached hydrogens (tertiary/aromatic N) is 4. The molecule has 0 atom stereocenters. The average Bonchev–Trinajstić information content (AvgIpc) is 3.67. The third-order valence-corrected chi connectivity index (χ3v) is 9.35. The van der Waals surface area contributed by atoms with Gasteiger partial charge in [0.2, 0.25) is 5.69 Å². The second kappa shape index (κ2) is 10.9. The predicted octanol–water partition coefficient (Wildman–Crippen LogP) is 11.6. The van der Waals surface area contributed by atoms with Gasteiger partial charge in [-0.15, -0.1) is 0 Å². The zero-order valence-corrected chi connectivity index (χ0v) is 25.8. The van der Waals surface area contributed by atoms with Crippen molar-refractivity contribution in [2.45, 2.75) is 0 Å². The molecule has 48 heavy (non-hydrogen) atoms. The van der Waals surface area contributed by atoms with E-state index in [0.29, 0.717) is 11.3 Å². The second-order valence-electron chi connectivity index (χ2n) is 12.0. The molecule has 9 aromatic rings. The van der Waals surface area contributed by atoms with Crippen LogP contribution in [0, 0.1) is 17.9 Å². The summed E-state index contributed by atoms with van der Waals surface area (Å²) in [5, 5.41) is 14.7. The van der Waals surface area contributed by atoms with Gasteiger partial charge in [-0.1, -0.05) is 91.0 Å². The molecule has 4 heteroatoms. The van der Waals surface area contributed by atoms with E-state index in [1.165, 1.54) is 16.3 Å². The Morgan fingerprint density at radius 2 is 1.04 bits per heavy atom. The van der Waals surface area contributed by atoms with Crippen LogP contribution in [0.25, 0.3) is 82.1 Å². The van der Waals surface area contributed by atoms with Crippen LogP contribution in [0.15, 0.2) is 158 Å². The predicted molar refractivity (Wildman–Crippen MR) is 197 cm³/mol. The summed E-state index contributed by atoms with van der Waals surface area (Å²) in [6.45, 7) is 7.61. The highest BCUT2D eigenvalue weighted by atomic mass is 15.0.